The van der Waals surface area contributed by atoms with Gasteiger partial charge in [-0.15, -0.1) is 0 Å². The van der Waals surface area contributed by atoms with Gasteiger partial charge in [0.15, 0.2) is 0 Å². The molecule has 0 aliphatic heterocycles. The predicted octanol–water partition coefficient (Wildman–Crippen LogP) is 2.94. The number of aliphatic hydroxyl groups is 1. The van der Waals surface area contributed by atoms with Crippen LogP contribution < -0.4 is 5.32 Å². The van der Waals surface area contributed by atoms with Crippen molar-refractivity contribution in [2.24, 2.45) is 0 Å². The first-order valence-electron chi connectivity index (χ1n) is 6.83. The van der Waals surface area contributed by atoms with Crippen LogP contribution in [0.3, 0.4) is 0 Å². The highest BCUT2D eigenvalue weighted by molar-refractivity contribution is 5.94. The van der Waals surface area contributed by atoms with Crippen molar-refractivity contribution >= 4 is 5.91 Å². The number of hydrogen-bond acceptors (Lipinski definition) is 4. The summed E-state index contributed by atoms with van der Waals surface area (Å²) in [5.74, 6) is -0.187. The Hall–Kier alpha value is -2.35. The van der Waals surface area contributed by atoms with Crippen molar-refractivity contribution in [1.82, 2.24) is 10.3 Å². The minimum atomic E-state index is -4.55. The van der Waals surface area contributed by atoms with Gasteiger partial charge in [-0.1, -0.05) is 0 Å². The zero-order valence-electron chi connectivity index (χ0n) is 12.2. The number of halogens is 3. The lowest BCUT2D eigenvalue weighted by atomic mass is 10.1. The highest BCUT2D eigenvalue weighted by Crippen LogP contribution is 2.27. The van der Waals surface area contributed by atoms with Gasteiger partial charge in [-0.2, -0.15) is 13.2 Å². The number of rotatable bonds is 5. The highest BCUT2D eigenvalue weighted by atomic mass is 19.4. The maximum absolute atomic E-state index is 12.4. The normalized spacial score (nSPS) is 14.3. The molecule has 0 bridgehead atoms. The van der Waals surface area contributed by atoms with Crippen LogP contribution in [0.4, 0.5) is 13.2 Å². The zero-order chi connectivity index (χ0) is 17.0. The molecule has 5 nitrogen and oxygen atoms in total. The lowest BCUT2D eigenvalue weighted by Gasteiger charge is -2.16. The first-order valence-corrected chi connectivity index (χ1v) is 6.83. The van der Waals surface area contributed by atoms with Gasteiger partial charge >= 0.3 is 6.18 Å². The van der Waals surface area contributed by atoms with E-state index in [0.717, 1.165) is 18.3 Å². The van der Waals surface area contributed by atoms with Crippen molar-refractivity contribution in [1.29, 1.82) is 0 Å². The van der Waals surface area contributed by atoms with E-state index >= 15 is 0 Å². The summed E-state index contributed by atoms with van der Waals surface area (Å²) in [5.41, 5.74) is -1.05. The largest absolute Gasteiger partial charge is 0.467 e. The molecule has 0 radical (unpaired) electrons. The van der Waals surface area contributed by atoms with Crippen LogP contribution in [0.5, 0.6) is 0 Å². The Balaban J connectivity index is 1.93. The van der Waals surface area contributed by atoms with E-state index in [1.165, 1.54) is 6.26 Å². The van der Waals surface area contributed by atoms with Gasteiger partial charge in [-0.05, 0) is 31.2 Å². The molecule has 0 saturated heterocycles. The van der Waals surface area contributed by atoms with Gasteiger partial charge < -0.3 is 14.8 Å². The average Bonchev–Trinajstić information content (AvgIpc) is 3.00. The highest BCUT2D eigenvalue weighted by Gasteiger charge is 2.32. The van der Waals surface area contributed by atoms with E-state index in [9.17, 15) is 23.1 Å². The van der Waals surface area contributed by atoms with E-state index < -0.39 is 29.9 Å². The summed E-state index contributed by atoms with van der Waals surface area (Å²) in [4.78, 5) is 15.2. The lowest BCUT2D eigenvalue weighted by Crippen LogP contribution is -2.33. The van der Waals surface area contributed by atoms with Gasteiger partial charge in [0.2, 0.25) is 0 Å². The molecule has 0 spiro atoms. The third-order valence-corrected chi connectivity index (χ3v) is 3.14. The Morgan fingerprint density at radius 2 is 2.13 bits per heavy atom. The number of furan rings is 1. The van der Waals surface area contributed by atoms with E-state index in [0.29, 0.717) is 5.76 Å². The lowest BCUT2D eigenvalue weighted by molar-refractivity contribution is -0.141. The molecule has 0 fully saturated rings. The fourth-order valence-electron chi connectivity index (χ4n) is 1.99. The molecule has 0 aliphatic rings. The van der Waals surface area contributed by atoms with Gasteiger partial charge in [0.05, 0.1) is 11.8 Å². The molecule has 2 atom stereocenters. The third-order valence-electron chi connectivity index (χ3n) is 3.14. The van der Waals surface area contributed by atoms with E-state index in [-0.39, 0.29) is 12.0 Å². The van der Waals surface area contributed by atoms with Gasteiger partial charge in [0, 0.05) is 18.7 Å². The molecule has 0 saturated carbocycles. The van der Waals surface area contributed by atoms with Crippen LogP contribution in [0.15, 0.2) is 41.1 Å². The van der Waals surface area contributed by atoms with Crippen LogP contribution in [0.25, 0.3) is 0 Å². The van der Waals surface area contributed by atoms with Crippen LogP contribution in [0.1, 0.15) is 41.3 Å². The topological polar surface area (TPSA) is 75.4 Å². The summed E-state index contributed by atoms with van der Waals surface area (Å²) >= 11 is 0. The standard InChI is InChI=1S/C15H15F3N2O3/c1-9(7-11(21)12-3-2-6-23-12)20-14(22)10-4-5-13(19-8-10)15(16,17)18/h2-6,8-9,11,21H,7H2,1H3,(H,20,22)/t9-,11+/m0/s1. The Morgan fingerprint density at radius 3 is 2.65 bits per heavy atom. The van der Waals surface area contributed by atoms with Crippen molar-refractivity contribution in [3.05, 3.63) is 53.7 Å². The second kappa shape index (κ2) is 6.82. The average molecular weight is 328 g/mol. The number of nitrogens with one attached hydrogen (secondary N) is 1. The summed E-state index contributed by atoms with van der Waals surface area (Å²) in [6, 6.07) is 4.64. The van der Waals surface area contributed by atoms with E-state index in [1.54, 1.807) is 19.1 Å². The van der Waals surface area contributed by atoms with Gasteiger partial charge in [-0.3, -0.25) is 9.78 Å². The molecule has 2 aromatic rings. The van der Waals surface area contributed by atoms with Crippen molar-refractivity contribution in [2.75, 3.05) is 0 Å². The van der Waals surface area contributed by atoms with E-state index in [1.807, 2.05) is 0 Å². The molecule has 2 N–H and O–H groups in total. The SMILES string of the molecule is C[C@@H](C[C@@H](O)c1ccco1)NC(=O)c1ccc(C(F)(F)F)nc1. The number of aromatic nitrogens is 1. The third kappa shape index (κ3) is 4.56. The molecule has 0 unspecified atom stereocenters. The second-order valence-electron chi connectivity index (χ2n) is 5.07. The molecule has 124 valence electrons. The first-order chi connectivity index (χ1) is 10.8. The van der Waals surface area contributed by atoms with Crippen LogP contribution in [0, 0.1) is 0 Å². The van der Waals surface area contributed by atoms with E-state index in [2.05, 4.69) is 10.3 Å². The van der Waals surface area contributed by atoms with Crippen LogP contribution >= 0.6 is 0 Å². The van der Waals surface area contributed by atoms with Crippen molar-refractivity contribution in [2.45, 2.75) is 31.7 Å². The van der Waals surface area contributed by atoms with Crippen molar-refractivity contribution < 1.29 is 27.5 Å². The molecule has 0 aliphatic carbocycles. The summed E-state index contributed by atoms with van der Waals surface area (Å²) in [5, 5.41) is 12.5. The van der Waals surface area contributed by atoms with E-state index in [4.69, 9.17) is 4.42 Å². The Kier molecular flexibility index (Phi) is 5.05. The summed E-state index contributed by atoms with van der Waals surface area (Å²) in [6.45, 7) is 1.67. The molecular formula is C15H15F3N2O3. The molecule has 2 rings (SSSR count). The summed E-state index contributed by atoms with van der Waals surface area (Å²) < 4.78 is 42.3. The molecule has 2 heterocycles. The Labute approximate surface area is 130 Å². The molecule has 0 aromatic carbocycles. The monoisotopic (exact) mass is 328 g/mol. The maximum Gasteiger partial charge on any atom is 0.433 e. The number of alkyl halides is 3. The molecule has 1 amide bonds. The number of carbonyl (C=O) groups is 1. The van der Waals surface area contributed by atoms with Gasteiger partial charge in [-0.25, -0.2) is 0 Å². The summed E-state index contributed by atoms with van der Waals surface area (Å²) in [6.07, 6.45) is -2.93. The smallest absolute Gasteiger partial charge is 0.433 e. The number of nitrogens with zero attached hydrogens (tertiary/aromatic N) is 1. The fourth-order valence-corrected chi connectivity index (χ4v) is 1.99. The number of pyridine rings is 1. The number of amides is 1. The molecule has 23 heavy (non-hydrogen) atoms. The second-order valence-corrected chi connectivity index (χ2v) is 5.07. The fraction of sp³-hybridized carbons (Fsp3) is 0.333. The van der Waals surface area contributed by atoms with Gasteiger partial charge in [0.25, 0.3) is 5.91 Å². The van der Waals surface area contributed by atoms with Crippen LogP contribution in [-0.4, -0.2) is 22.0 Å². The Bertz CT molecular complexity index is 639. The van der Waals surface area contributed by atoms with Crippen LogP contribution in [-0.2, 0) is 6.18 Å². The number of hydrogen-bond donors (Lipinski definition) is 2. The molecular weight excluding hydrogens is 313 g/mol. The first kappa shape index (κ1) is 17.0. The molecule has 2 aromatic heterocycles. The van der Waals surface area contributed by atoms with Crippen molar-refractivity contribution in [3.63, 3.8) is 0 Å². The van der Waals surface area contributed by atoms with Gasteiger partial charge in [0.1, 0.15) is 17.6 Å². The quantitative estimate of drug-likeness (QED) is 0.885. The number of aliphatic hydroxyl groups excluding tert-OH is 1. The Morgan fingerprint density at radius 1 is 1.39 bits per heavy atom. The minimum Gasteiger partial charge on any atom is -0.467 e. The van der Waals surface area contributed by atoms with Crippen LogP contribution in [0.2, 0.25) is 0 Å². The summed E-state index contributed by atoms with van der Waals surface area (Å²) in [7, 11) is 0. The zero-order valence-corrected chi connectivity index (χ0v) is 12.2. The maximum atomic E-state index is 12.4. The van der Waals surface area contributed by atoms with Crippen molar-refractivity contribution in [3.8, 4) is 0 Å². The number of carbonyl (C=O) groups excluding carboxylic acids is 1. The molecule has 8 heteroatoms. The minimum absolute atomic E-state index is 0.0114. The predicted molar refractivity (Wildman–Crippen MR) is 74.5 cm³/mol.